The van der Waals surface area contributed by atoms with Crippen molar-refractivity contribution < 1.29 is 18.8 Å². The predicted octanol–water partition coefficient (Wildman–Crippen LogP) is 2.83. The fourth-order valence-corrected chi connectivity index (χ4v) is 2.93. The molecule has 7 nitrogen and oxygen atoms in total. The minimum atomic E-state index is -0.298. The molecule has 0 radical (unpaired) electrons. The lowest BCUT2D eigenvalue weighted by molar-refractivity contribution is -0.109. The molecule has 0 aliphatic heterocycles. The van der Waals surface area contributed by atoms with Gasteiger partial charge in [-0.25, -0.2) is 9.37 Å². The average molecular weight is 406 g/mol. The second kappa shape index (κ2) is 11.3. The number of thiazole rings is 1. The highest BCUT2D eigenvalue weighted by molar-refractivity contribution is 7.13. The molecule has 0 saturated carbocycles. The van der Waals surface area contributed by atoms with Crippen molar-refractivity contribution in [2.24, 2.45) is 0 Å². The summed E-state index contributed by atoms with van der Waals surface area (Å²) in [5, 5.41) is 21.2. The highest BCUT2D eigenvalue weighted by Crippen LogP contribution is 2.35. The van der Waals surface area contributed by atoms with Gasteiger partial charge < -0.3 is 20.3 Å². The first-order valence-electron chi connectivity index (χ1n) is 8.72. The lowest BCUT2D eigenvalue weighted by Gasteiger charge is -2.03. The molecule has 3 N–H and O–H groups in total. The Hall–Kier alpha value is -2.62. The van der Waals surface area contributed by atoms with Gasteiger partial charge in [0.1, 0.15) is 16.5 Å². The standard InChI is InChI=1S/C15H14FN3O2S.C4H9NO/c16-11-3-1-10(2-4-11)14-13(15-18-6-8-22-15)12(21-19-14)9-17-5-7-20;1-4(2)5-3-6/h1-4,6,8,17,20H,5,7,9H2;3-4H,1-2H3,(H,5,6). The van der Waals surface area contributed by atoms with Crippen LogP contribution in [0.5, 0.6) is 0 Å². The fourth-order valence-electron chi connectivity index (χ4n) is 2.23. The smallest absolute Gasteiger partial charge is 0.207 e. The van der Waals surface area contributed by atoms with Crippen molar-refractivity contribution in [3.63, 3.8) is 0 Å². The lowest BCUT2D eigenvalue weighted by atomic mass is 10.1. The number of nitrogens with one attached hydrogen (secondary N) is 2. The van der Waals surface area contributed by atoms with Crippen LogP contribution >= 0.6 is 11.3 Å². The van der Waals surface area contributed by atoms with Crippen molar-refractivity contribution in [1.82, 2.24) is 20.8 Å². The lowest BCUT2D eigenvalue weighted by Crippen LogP contribution is -2.19. The summed E-state index contributed by atoms with van der Waals surface area (Å²) in [6, 6.07) is 6.38. The number of hydrogen-bond acceptors (Lipinski definition) is 7. The summed E-state index contributed by atoms with van der Waals surface area (Å²) in [6.07, 6.45) is 2.41. The zero-order valence-electron chi connectivity index (χ0n) is 15.7. The Balaban J connectivity index is 0.000000409. The van der Waals surface area contributed by atoms with Crippen LogP contribution in [0.4, 0.5) is 4.39 Å². The quantitative estimate of drug-likeness (QED) is 0.393. The van der Waals surface area contributed by atoms with Gasteiger partial charge in [-0.1, -0.05) is 5.16 Å². The summed E-state index contributed by atoms with van der Waals surface area (Å²) in [6.45, 7) is 4.77. The first-order valence-corrected chi connectivity index (χ1v) is 9.60. The average Bonchev–Trinajstić information content (AvgIpc) is 3.32. The summed E-state index contributed by atoms with van der Waals surface area (Å²) in [5.74, 6) is 0.343. The molecule has 9 heteroatoms. The van der Waals surface area contributed by atoms with Gasteiger partial charge in [0.25, 0.3) is 0 Å². The Bertz CT molecular complexity index is 835. The molecule has 0 atom stereocenters. The molecule has 2 aromatic heterocycles. The molecule has 2 heterocycles. The number of aromatic nitrogens is 2. The van der Waals surface area contributed by atoms with Crippen LogP contribution in [-0.4, -0.2) is 40.9 Å². The topological polar surface area (TPSA) is 100 Å². The molecule has 0 saturated heterocycles. The van der Waals surface area contributed by atoms with E-state index >= 15 is 0 Å². The Kier molecular flexibility index (Phi) is 8.73. The van der Waals surface area contributed by atoms with E-state index in [0.717, 1.165) is 16.1 Å². The van der Waals surface area contributed by atoms with Crippen LogP contribution in [-0.2, 0) is 11.3 Å². The van der Waals surface area contributed by atoms with Crippen LogP contribution in [0, 0.1) is 5.82 Å². The van der Waals surface area contributed by atoms with Crippen LogP contribution in [0.1, 0.15) is 19.6 Å². The summed E-state index contributed by atoms with van der Waals surface area (Å²) >= 11 is 1.48. The number of amides is 1. The minimum absolute atomic E-state index is 0.0472. The third kappa shape index (κ3) is 6.22. The third-order valence-corrected chi connectivity index (χ3v) is 4.29. The van der Waals surface area contributed by atoms with Crippen molar-refractivity contribution in [3.8, 4) is 21.8 Å². The minimum Gasteiger partial charge on any atom is -0.395 e. The molecule has 0 bridgehead atoms. The summed E-state index contributed by atoms with van der Waals surface area (Å²) in [4.78, 5) is 13.8. The highest BCUT2D eigenvalue weighted by atomic mass is 32.1. The van der Waals surface area contributed by atoms with Crippen molar-refractivity contribution in [2.45, 2.75) is 26.4 Å². The summed E-state index contributed by atoms with van der Waals surface area (Å²) in [5.41, 5.74) is 2.20. The first kappa shape index (κ1) is 21.7. The molecule has 3 aromatic rings. The predicted molar refractivity (Wildman–Crippen MR) is 106 cm³/mol. The summed E-state index contributed by atoms with van der Waals surface area (Å²) < 4.78 is 18.5. The Morgan fingerprint density at radius 1 is 1.32 bits per heavy atom. The van der Waals surface area contributed by atoms with Crippen LogP contribution in [0.3, 0.4) is 0 Å². The van der Waals surface area contributed by atoms with Crippen molar-refractivity contribution >= 4 is 17.7 Å². The largest absolute Gasteiger partial charge is 0.395 e. The molecule has 0 aliphatic rings. The molecular formula is C19H23FN4O3S. The number of nitrogens with zero attached hydrogens (tertiary/aromatic N) is 2. The number of hydrogen-bond donors (Lipinski definition) is 3. The van der Waals surface area contributed by atoms with Crippen LogP contribution < -0.4 is 10.6 Å². The van der Waals surface area contributed by atoms with E-state index in [9.17, 15) is 9.18 Å². The van der Waals surface area contributed by atoms with E-state index in [1.165, 1.54) is 23.5 Å². The van der Waals surface area contributed by atoms with Crippen molar-refractivity contribution in [3.05, 3.63) is 47.4 Å². The SMILES string of the molecule is CC(C)NC=O.OCCNCc1onc(-c2ccc(F)cc2)c1-c1nccs1. The van der Waals surface area contributed by atoms with E-state index in [1.807, 2.05) is 19.2 Å². The van der Waals surface area contributed by atoms with Crippen molar-refractivity contribution in [1.29, 1.82) is 0 Å². The maximum Gasteiger partial charge on any atom is 0.207 e. The van der Waals surface area contributed by atoms with E-state index < -0.39 is 0 Å². The van der Waals surface area contributed by atoms with Gasteiger partial charge in [0.05, 0.1) is 18.7 Å². The van der Waals surface area contributed by atoms with E-state index in [0.29, 0.717) is 31.0 Å². The van der Waals surface area contributed by atoms with Crippen LogP contribution in [0.2, 0.25) is 0 Å². The van der Waals surface area contributed by atoms with E-state index in [1.54, 1.807) is 18.3 Å². The van der Waals surface area contributed by atoms with Gasteiger partial charge in [-0.05, 0) is 38.1 Å². The molecule has 0 aliphatic carbocycles. The molecule has 0 spiro atoms. The normalized spacial score (nSPS) is 10.5. The van der Waals surface area contributed by atoms with Gasteiger partial charge in [-0.15, -0.1) is 11.3 Å². The number of benzene rings is 1. The number of halogens is 1. The maximum atomic E-state index is 13.1. The monoisotopic (exact) mass is 406 g/mol. The second-order valence-electron chi connectivity index (χ2n) is 6.01. The van der Waals surface area contributed by atoms with Crippen LogP contribution in [0.25, 0.3) is 21.8 Å². The Morgan fingerprint density at radius 3 is 2.61 bits per heavy atom. The van der Waals surface area contributed by atoms with Crippen LogP contribution in [0.15, 0.2) is 40.4 Å². The third-order valence-electron chi connectivity index (χ3n) is 3.50. The fraction of sp³-hybridized carbons (Fsp3) is 0.316. The maximum absolute atomic E-state index is 13.1. The van der Waals surface area contributed by atoms with Crippen molar-refractivity contribution in [2.75, 3.05) is 13.2 Å². The zero-order chi connectivity index (χ0) is 20.4. The van der Waals surface area contributed by atoms with E-state index in [2.05, 4.69) is 20.8 Å². The molecule has 3 rings (SSSR count). The Morgan fingerprint density at radius 2 is 2.07 bits per heavy atom. The van der Waals surface area contributed by atoms with Gasteiger partial charge in [0, 0.05) is 29.7 Å². The molecule has 0 fully saturated rings. The first-order chi connectivity index (χ1) is 13.6. The van der Waals surface area contributed by atoms with Gasteiger partial charge in [0.15, 0.2) is 5.76 Å². The molecular weight excluding hydrogens is 383 g/mol. The number of carbonyl (C=O) groups is 1. The number of carbonyl (C=O) groups excluding carboxylic acids is 1. The summed E-state index contributed by atoms with van der Waals surface area (Å²) in [7, 11) is 0. The molecule has 1 aromatic carbocycles. The van der Waals surface area contributed by atoms with Gasteiger partial charge in [-0.3, -0.25) is 4.79 Å². The molecule has 28 heavy (non-hydrogen) atoms. The van der Waals surface area contributed by atoms with E-state index in [4.69, 9.17) is 9.63 Å². The number of aliphatic hydroxyl groups excluding tert-OH is 1. The second-order valence-corrected chi connectivity index (χ2v) is 6.91. The Labute approximate surface area is 166 Å². The number of rotatable bonds is 8. The molecule has 150 valence electrons. The zero-order valence-corrected chi connectivity index (χ0v) is 16.5. The molecule has 0 unspecified atom stereocenters. The van der Waals surface area contributed by atoms with Gasteiger partial charge >= 0.3 is 0 Å². The van der Waals surface area contributed by atoms with E-state index in [-0.39, 0.29) is 18.5 Å². The molecule has 1 amide bonds. The highest BCUT2D eigenvalue weighted by Gasteiger charge is 2.20. The van der Waals surface area contributed by atoms with Gasteiger partial charge in [-0.2, -0.15) is 0 Å². The van der Waals surface area contributed by atoms with Gasteiger partial charge in [0.2, 0.25) is 6.41 Å². The number of aliphatic hydroxyl groups is 1.